The number of ether oxygens (including phenoxy) is 2. The van der Waals surface area contributed by atoms with E-state index in [1.807, 2.05) is 0 Å². The van der Waals surface area contributed by atoms with Crippen molar-refractivity contribution in [1.82, 2.24) is 10.2 Å². The Morgan fingerprint density at radius 2 is 2.28 bits per heavy atom. The second-order valence-corrected chi connectivity index (χ2v) is 4.08. The minimum absolute atomic E-state index is 0.0965. The van der Waals surface area contributed by atoms with E-state index in [0.29, 0.717) is 19.7 Å². The molecule has 0 aromatic rings. The number of urea groups is 1. The number of nitrogens with one attached hydrogen (secondary N) is 1. The lowest BCUT2D eigenvalue weighted by atomic mass is 10.3. The van der Waals surface area contributed by atoms with Gasteiger partial charge in [0.15, 0.2) is 6.10 Å². The van der Waals surface area contributed by atoms with Crippen LogP contribution in [-0.2, 0) is 14.3 Å². The maximum Gasteiger partial charge on any atom is 0.334 e. The van der Waals surface area contributed by atoms with Gasteiger partial charge in [0.05, 0.1) is 13.2 Å². The number of methoxy groups -OCH3 is 1. The van der Waals surface area contributed by atoms with Crippen LogP contribution in [0.1, 0.15) is 12.8 Å². The van der Waals surface area contributed by atoms with E-state index in [1.165, 1.54) is 4.90 Å². The maximum atomic E-state index is 11.7. The molecule has 1 atom stereocenters. The quantitative estimate of drug-likeness (QED) is 0.651. The van der Waals surface area contributed by atoms with Gasteiger partial charge in [-0.25, -0.2) is 9.59 Å². The molecule has 104 valence electrons. The Morgan fingerprint density at radius 1 is 1.50 bits per heavy atom. The topological polar surface area (TPSA) is 88.1 Å². The zero-order valence-electron chi connectivity index (χ0n) is 10.6. The Balaban J connectivity index is 2.22. The number of unbranched alkanes of at least 4 members (excludes halogenated alkanes) is 1. The first-order chi connectivity index (χ1) is 8.65. The summed E-state index contributed by atoms with van der Waals surface area (Å²) in [5.41, 5.74) is 0. The van der Waals surface area contributed by atoms with Crippen molar-refractivity contribution in [3.05, 3.63) is 0 Å². The van der Waals surface area contributed by atoms with Crippen LogP contribution in [0.3, 0.4) is 0 Å². The van der Waals surface area contributed by atoms with Crippen molar-refractivity contribution in [1.29, 1.82) is 0 Å². The van der Waals surface area contributed by atoms with Gasteiger partial charge in [-0.15, -0.1) is 0 Å². The van der Waals surface area contributed by atoms with Gasteiger partial charge in [-0.3, -0.25) is 0 Å². The van der Waals surface area contributed by atoms with Gasteiger partial charge in [0, 0.05) is 26.8 Å². The zero-order valence-corrected chi connectivity index (χ0v) is 10.6. The highest BCUT2D eigenvalue weighted by molar-refractivity contribution is 5.77. The van der Waals surface area contributed by atoms with Crippen LogP contribution in [0.4, 0.5) is 4.79 Å². The molecular formula is C11H20N2O5. The molecule has 18 heavy (non-hydrogen) atoms. The highest BCUT2D eigenvalue weighted by atomic mass is 16.5. The molecule has 1 heterocycles. The van der Waals surface area contributed by atoms with Crippen LogP contribution in [0.25, 0.3) is 0 Å². The molecular weight excluding hydrogens is 240 g/mol. The molecule has 1 unspecified atom stereocenters. The Hall–Kier alpha value is -1.34. The lowest BCUT2D eigenvalue weighted by molar-refractivity contribution is -0.154. The van der Waals surface area contributed by atoms with E-state index in [2.05, 4.69) is 5.32 Å². The summed E-state index contributed by atoms with van der Waals surface area (Å²) in [5, 5.41) is 11.6. The molecule has 0 aromatic heterocycles. The number of rotatable bonds is 6. The summed E-state index contributed by atoms with van der Waals surface area (Å²) in [5.74, 6) is -1.03. The van der Waals surface area contributed by atoms with Gasteiger partial charge in [0.1, 0.15) is 0 Å². The van der Waals surface area contributed by atoms with E-state index in [-0.39, 0.29) is 19.2 Å². The van der Waals surface area contributed by atoms with Gasteiger partial charge in [0.25, 0.3) is 0 Å². The van der Waals surface area contributed by atoms with E-state index in [0.717, 1.165) is 12.8 Å². The summed E-state index contributed by atoms with van der Waals surface area (Å²) in [7, 11) is 1.64. The standard InChI is InChI=1S/C11H20N2O5/c1-17-6-3-2-4-12-11(16)13-5-7-18-9(8-13)10(14)15/h9H,2-8H2,1H3,(H,12,16)(H,14,15). The third-order valence-corrected chi connectivity index (χ3v) is 2.68. The number of carbonyl (C=O) groups excluding carboxylic acids is 1. The van der Waals surface area contributed by atoms with Crippen molar-refractivity contribution in [3.8, 4) is 0 Å². The number of aliphatic carboxylic acids is 1. The van der Waals surface area contributed by atoms with E-state index in [1.54, 1.807) is 7.11 Å². The van der Waals surface area contributed by atoms with Crippen LogP contribution >= 0.6 is 0 Å². The molecule has 1 rings (SSSR count). The monoisotopic (exact) mass is 260 g/mol. The van der Waals surface area contributed by atoms with Crippen LogP contribution in [0, 0.1) is 0 Å². The van der Waals surface area contributed by atoms with Gasteiger partial charge in [0.2, 0.25) is 0 Å². The van der Waals surface area contributed by atoms with E-state index < -0.39 is 12.1 Å². The highest BCUT2D eigenvalue weighted by Gasteiger charge is 2.28. The molecule has 1 aliphatic heterocycles. The number of morpholine rings is 1. The van der Waals surface area contributed by atoms with Gasteiger partial charge in [-0.1, -0.05) is 0 Å². The number of amides is 2. The number of nitrogens with zero attached hydrogens (tertiary/aromatic N) is 1. The van der Waals surface area contributed by atoms with Gasteiger partial charge >= 0.3 is 12.0 Å². The molecule has 2 amide bonds. The first kappa shape index (κ1) is 14.7. The van der Waals surface area contributed by atoms with Crippen molar-refractivity contribution in [2.75, 3.05) is 40.0 Å². The predicted molar refractivity (Wildman–Crippen MR) is 63.5 cm³/mol. The predicted octanol–water partition coefficient (Wildman–Crippen LogP) is -0.0920. The number of carboxylic acids is 1. The molecule has 1 aliphatic rings. The fraction of sp³-hybridized carbons (Fsp3) is 0.818. The molecule has 0 aromatic carbocycles. The van der Waals surface area contributed by atoms with E-state index in [4.69, 9.17) is 14.6 Å². The lowest BCUT2D eigenvalue weighted by Gasteiger charge is -2.30. The minimum Gasteiger partial charge on any atom is -0.479 e. The Bertz CT molecular complexity index is 285. The molecule has 2 N–H and O–H groups in total. The average Bonchev–Trinajstić information content (AvgIpc) is 2.38. The molecule has 0 bridgehead atoms. The molecule has 7 nitrogen and oxygen atoms in total. The van der Waals surface area contributed by atoms with Crippen molar-refractivity contribution < 1.29 is 24.2 Å². The smallest absolute Gasteiger partial charge is 0.334 e. The first-order valence-electron chi connectivity index (χ1n) is 6.01. The molecule has 7 heteroatoms. The SMILES string of the molecule is COCCCCNC(=O)N1CCOC(C(=O)O)C1. The third kappa shape index (κ3) is 4.89. The normalized spacial score (nSPS) is 19.6. The number of carbonyl (C=O) groups is 2. The second-order valence-electron chi connectivity index (χ2n) is 4.08. The summed E-state index contributed by atoms with van der Waals surface area (Å²) in [6.45, 7) is 2.02. The van der Waals surface area contributed by atoms with Crippen molar-refractivity contribution in [3.63, 3.8) is 0 Å². The molecule has 0 radical (unpaired) electrons. The highest BCUT2D eigenvalue weighted by Crippen LogP contribution is 2.05. The Morgan fingerprint density at radius 3 is 2.94 bits per heavy atom. The van der Waals surface area contributed by atoms with Crippen molar-refractivity contribution in [2.45, 2.75) is 18.9 Å². The van der Waals surface area contributed by atoms with E-state index >= 15 is 0 Å². The average molecular weight is 260 g/mol. The summed E-state index contributed by atoms with van der Waals surface area (Å²) < 4.78 is 9.94. The molecule has 1 fully saturated rings. The van der Waals surface area contributed by atoms with Crippen molar-refractivity contribution in [2.24, 2.45) is 0 Å². The summed E-state index contributed by atoms with van der Waals surface area (Å²) in [4.78, 5) is 24.0. The number of hydrogen-bond donors (Lipinski definition) is 2. The minimum atomic E-state index is -1.03. The molecule has 0 aliphatic carbocycles. The fourth-order valence-electron chi connectivity index (χ4n) is 1.66. The number of hydrogen-bond acceptors (Lipinski definition) is 4. The fourth-order valence-corrected chi connectivity index (χ4v) is 1.66. The summed E-state index contributed by atoms with van der Waals surface area (Å²) >= 11 is 0. The lowest BCUT2D eigenvalue weighted by Crippen LogP contribution is -2.51. The zero-order chi connectivity index (χ0) is 13.4. The molecule has 0 saturated carbocycles. The van der Waals surface area contributed by atoms with Crippen LogP contribution in [0.15, 0.2) is 0 Å². The van der Waals surface area contributed by atoms with Crippen LogP contribution in [-0.4, -0.2) is 68.1 Å². The van der Waals surface area contributed by atoms with Crippen LogP contribution in [0.5, 0.6) is 0 Å². The van der Waals surface area contributed by atoms with Crippen LogP contribution < -0.4 is 5.32 Å². The first-order valence-corrected chi connectivity index (χ1v) is 6.01. The molecule has 0 spiro atoms. The third-order valence-electron chi connectivity index (χ3n) is 2.68. The Kier molecular flexibility index (Phi) is 6.45. The van der Waals surface area contributed by atoms with Gasteiger partial charge in [-0.05, 0) is 12.8 Å². The maximum absolute atomic E-state index is 11.7. The number of carboxylic acid groups (broad SMARTS) is 1. The largest absolute Gasteiger partial charge is 0.479 e. The molecule has 1 saturated heterocycles. The summed E-state index contributed by atoms with van der Waals surface area (Å²) in [6.07, 6.45) is 0.808. The van der Waals surface area contributed by atoms with E-state index in [9.17, 15) is 9.59 Å². The second kappa shape index (κ2) is 7.88. The van der Waals surface area contributed by atoms with Crippen molar-refractivity contribution >= 4 is 12.0 Å². The van der Waals surface area contributed by atoms with Gasteiger partial charge < -0.3 is 24.8 Å². The van der Waals surface area contributed by atoms with Crippen LogP contribution in [0.2, 0.25) is 0 Å². The Labute approximate surface area is 106 Å². The summed E-state index contributed by atoms with van der Waals surface area (Å²) in [6, 6.07) is -0.234. The van der Waals surface area contributed by atoms with Gasteiger partial charge in [-0.2, -0.15) is 0 Å².